The van der Waals surface area contributed by atoms with Gasteiger partial charge in [0.2, 0.25) is 5.95 Å². The summed E-state index contributed by atoms with van der Waals surface area (Å²) < 4.78 is 28.7. The normalized spacial score (nSPS) is 14.5. The van der Waals surface area contributed by atoms with E-state index in [-0.39, 0.29) is 18.4 Å². The van der Waals surface area contributed by atoms with Crippen molar-refractivity contribution in [2.45, 2.75) is 6.92 Å². The number of nitrogens with two attached hydrogens (primary N) is 1. The van der Waals surface area contributed by atoms with Crippen LogP contribution in [0.5, 0.6) is 0 Å². The quantitative estimate of drug-likeness (QED) is 0.565. The van der Waals surface area contributed by atoms with Crippen molar-refractivity contribution in [2.24, 2.45) is 0 Å². The number of piperazine rings is 1. The number of rotatable bonds is 6. The van der Waals surface area contributed by atoms with E-state index >= 15 is 0 Å². The minimum absolute atomic E-state index is 0. The van der Waals surface area contributed by atoms with Crippen molar-refractivity contribution in [3.63, 3.8) is 0 Å². The SMILES string of the molecule is CNc1cc(-n2ncc(C=CCN3CCN(c4cc(F)cc(F)c4)CC3)c2C)nc(N)n1.Cl. The second-order valence-electron chi connectivity index (χ2n) is 7.63. The van der Waals surface area contributed by atoms with E-state index in [4.69, 9.17) is 5.73 Å². The molecule has 1 aromatic carbocycles. The molecule has 4 rings (SSSR count). The van der Waals surface area contributed by atoms with Gasteiger partial charge in [0.25, 0.3) is 0 Å². The number of aromatic nitrogens is 4. The van der Waals surface area contributed by atoms with Gasteiger partial charge in [-0.2, -0.15) is 15.1 Å². The van der Waals surface area contributed by atoms with E-state index in [1.807, 2.05) is 17.9 Å². The van der Waals surface area contributed by atoms with Gasteiger partial charge in [-0.25, -0.2) is 13.5 Å². The number of anilines is 3. The molecule has 3 aromatic rings. The lowest BCUT2D eigenvalue weighted by Gasteiger charge is -2.35. The van der Waals surface area contributed by atoms with E-state index in [9.17, 15) is 8.78 Å². The first-order valence-corrected chi connectivity index (χ1v) is 10.4. The Morgan fingerprint density at radius 3 is 2.42 bits per heavy atom. The van der Waals surface area contributed by atoms with E-state index in [1.54, 1.807) is 24.0 Å². The molecule has 0 saturated carbocycles. The summed E-state index contributed by atoms with van der Waals surface area (Å²) in [5.41, 5.74) is 8.31. The van der Waals surface area contributed by atoms with E-state index in [1.165, 1.54) is 12.1 Å². The van der Waals surface area contributed by atoms with Crippen molar-refractivity contribution in [2.75, 3.05) is 55.7 Å². The molecular formula is C22H27ClF2N8. The third-order valence-electron chi connectivity index (χ3n) is 5.50. The highest BCUT2D eigenvalue weighted by Crippen LogP contribution is 2.20. The Balaban J connectivity index is 0.00000306. The molecule has 0 radical (unpaired) electrons. The monoisotopic (exact) mass is 476 g/mol. The lowest BCUT2D eigenvalue weighted by molar-refractivity contribution is 0.284. The molecular weight excluding hydrogens is 450 g/mol. The molecule has 1 fully saturated rings. The Morgan fingerprint density at radius 1 is 1.06 bits per heavy atom. The van der Waals surface area contributed by atoms with E-state index in [0.29, 0.717) is 17.3 Å². The molecule has 176 valence electrons. The fourth-order valence-electron chi connectivity index (χ4n) is 3.75. The highest BCUT2D eigenvalue weighted by Gasteiger charge is 2.17. The van der Waals surface area contributed by atoms with Crippen LogP contribution < -0.4 is 16.0 Å². The van der Waals surface area contributed by atoms with Crippen molar-refractivity contribution in [1.82, 2.24) is 24.6 Å². The Kier molecular flexibility index (Phi) is 7.83. The topological polar surface area (TPSA) is 88.1 Å². The molecule has 11 heteroatoms. The number of nitrogens with zero attached hydrogens (tertiary/aromatic N) is 6. The first-order chi connectivity index (χ1) is 15.4. The molecule has 8 nitrogen and oxygen atoms in total. The zero-order valence-corrected chi connectivity index (χ0v) is 19.3. The number of hydrogen-bond acceptors (Lipinski definition) is 7. The van der Waals surface area contributed by atoms with Crippen LogP contribution in [-0.2, 0) is 0 Å². The summed E-state index contributed by atoms with van der Waals surface area (Å²) in [6, 6.07) is 5.44. The number of hydrogen-bond donors (Lipinski definition) is 2. The minimum Gasteiger partial charge on any atom is -0.373 e. The second kappa shape index (κ2) is 10.6. The van der Waals surface area contributed by atoms with Crippen LogP contribution in [0.3, 0.4) is 0 Å². The average molecular weight is 477 g/mol. The van der Waals surface area contributed by atoms with Gasteiger partial charge in [-0.05, 0) is 19.1 Å². The molecule has 1 saturated heterocycles. The van der Waals surface area contributed by atoms with Crippen LogP contribution in [0, 0.1) is 18.6 Å². The number of nitrogens with one attached hydrogen (secondary N) is 1. The maximum Gasteiger partial charge on any atom is 0.224 e. The Labute approximate surface area is 197 Å². The largest absolute Gasteiger partial charge is 0.373 e. The van der Waals surface area contributed by atoms with Crippen LogP contribution in [0.4, 0.5) is 26.2 Å². The van der Waals surface area contributed by atoms with Crippen molar-refractivity contribution >= 4 is 35.9 Å². The van der Waals surface area contributed by atoms with Gasteiger partial charge in [0.05, 0.1) is 11.9 Å². The van der Waals surface area contributed by atoms with Crippen LogP contribution in [0.2, 0.25) is 0 Å². The van der Waals surface area contributed by atoms with Gasteiger partial charge in [0, 0.05) is 63.2 Å². The van der Waals surface area contributed by atoms with Gasteiger partial charge in [-0.3, -0.25) is 4.90 Å². The first kappa shape index (κ1) is 24.4. The summed E-state index contributed by atoms with van der Waals surface area (Å²) >= 11 is 0. The maximum atomic E-state index is 13.5. The third-order valence-corrected chi connectivity index (χ3v) is 5.50. The first-order valence-electron chi connectivity index (χ1n) is 10.4. The van der Waals surface area contributed by atoms with Gasteiger partial charge < -0.3 is 16.0 Å². The molecule has 2 aromatic heterocycles. The number of halogens is 3. The van der Waals surface area contributed by atoms with E-state index in [2.05, 4.69) is 31.4 Å². The van der Waals surface area contributed by atoms with Crippen LogP contribution in [0.1, 0.15) is 11.3 Å². The van der Waals surface area contributed by atoms with Crippen LogP contribution in [0.25, 0.3) is 11.9 Å². The molecule has 0 spiro atoms. The Morgan fingerprint density at radius 2 is 1.76 bits per heavy atom. The maximum absolute atomic E-state index is 13.5. The van der Waals surface area contributed by atoms with Crippen LogP contribution in [-0.4, -0.2) is 64.4 Å². The predicted molar refractivity (Wildman–Crippen MR) is 129 cm³/mol. The summed E-state index contributed by atoms with van der Waals surface area (Å²) in [7, 11) is 1.77. The zero-order chi connectivity index (χ0) is 22.7. The molecule has 0 bridgehead atoms. The van der Waals surface area contributed by atoms with Gasteiger partial charge in [0.1, 0.15) is 17.5 Å². The molecule has 3 N–H and O–H groups in total. The highest BCUT2D eigenvalue weighted by molar-refractivity contribution is 5.85. The highest BCUT2D eigenvalue weighted by atomic mass is 35.5. The standard InChI is InChI=1S/C22H26F2N8.ClH/c1-15-16(14-27-32(15)21-13-20(26-2)28-22(25)29-21)4-3-5-30-6-8-31(9-7-30)19-11-17(23)10-18(24)12-19;/h3-4,10-14H,5-9H2,1-2H3,(H3,25,26,28,29);1H. The molecule has 1 aliphatic rings. The van der Waals surface area contributed by atoms with Gasteiger partial charge >= 0.3 is 0 Å². The lowest BCUT2D eigenvalue weighted by Crippen LogP contribution is -2.46. The molecule has 0 aliphatic carbocycles. The third kappa shape index (κ3) is 5.77. The predicted octanol–water partition coefficient (Wildman–Crippen LogP) is 3.13. The van der Waals surface area contributed by atoms with E-state index in [0.717, 1.165) is 50.0 Å². The molecule has 33 heavy (non-hydrogen) atoms. The summed E-state index contributed by atoms with van der Waals surface area (Å²) in [5, 5.41) is 7.40. The Hall–Kier alpha value is -3.24. The number of benzene rings is 1. The van der Waals surface area contributed by atoms with Crippen molar-refractivity contribution in [3.05, 3.63) is 59.4 Å². The molecule has 3 heterocycles. The van der Waals surface area contributed by atoms with Crippen molar-refractivity contribution in [1.29, 1.82) is 0 Å². The average Bonchev–Trinajstić information content (AvgIpc) is 3.13. The van der Waals surface area contributed by atoms with Crippen LogP contribution >= 0.6 is 12.4 Å². The summed E-state index contributed by atoms with van der Waals surface area (Å²) in [6.45, 7) is 5.82. The van der Waals surface area contributed by atoms with Gasteiger partial charge in [0.15, 0.2) is 5.82 Å². The zero-order valence-electron chi connectivity index (χ0n) is 18.5. The number of nitrogen functional groups attached to an aromatic ring is 1. The van der Waals surface area contributed by atoms with Gasteiger partial charge in [-0.1, -0.05) is 12.2 Å². The summed E-state index contributed by atoms with van der Waals surface area (Å²) in [6.07, 6.45) is 5.93. The molecule has 1 aliphatic heterocycles. The molecule has 0 atom stereocenters. The molecule has 0 amide bonds. The molecule has 0 unspecified atom stereocenters. The second-order valence-corrected chi connectivity index (χ2v) is 7.63. The van der Waals surface area contributed by atoms with Crippen molar-refractivity contribution < 1.29 is 8.78 Å². The van der Waals surface area contributed by atoms with Crippen LogP contribution in [0.15, 0.2) is 36.5 Å². The fraction of sp³-hybridized carbons (Fsp3) is 0.318. The summed E-state index contributed by atoms with van der Waals surface area (Å²) in [4.78, 5) is 12.7. The van der Waals surface area contributed by atoms with Crippen molar-refractivity contribution in [3.8, 4) is 5.82 Å². The summed E-state index contributed by atoms with van der Waals surface area (Å²) in [5.74, 6) is 0.309. The minimum atomic E-state index is -0.548. The fourth-order valence-corrected chi connectivity index (χ4v) is 3.75. The van der Waals surface area contributed by atoms with Gasteiger partial charge in [-0.15, -0.1) is 12.4 Å². The smallest absolute Gasteiger partial charge is 0.224 e. The lowest BCUT2D eigenvalue weighted by atomic mass is 10.2. The Bertz CT molecular complexity index is 1110. The van der Waals surface area contributed by atoms with E-state index < -0.39 is 11.6 Å².